The van der Waals surface area contributed by atoms with E-state index in [1.165, 1.54) is 3.97 Å². The van der Waals surface area contributed by atoms with Gasteiger partial charge < -0.3 is 15.4 Å². The van der Waals surface area contributed by atoms with Crippen LogP contribution in [0.15, 0.2) is 84.0 Å². The van der Waals surface area contributed by atoms with Gasteiger partial charge in [-0.3, -0.25) is 0 Å². The van der Waals surface area contributed by atoms with Crippen molar-refractivity contribution in [1.29, 1.82) is 0 Å². The lowest BCUT2D eigenvalue weighted by molar-refractivity contribution is 0.414. The van der Waals surface area contributed by atoms with E-state index in [4.69, 9.17) is 4.74 Å². The molecule has 166 valence electrons. The summed E-state index contributed by atoms with van der Waals surface area (Å²) in [5.74, 6) is 1.54. The number of nitrogens with zero attached hydrogens (tertiary/aromatic N) is 2. The van der Waals surface area contributed by atoms with E-state index in [0.717, 1.165) is 42.0 Å². The number of para-hydroxylation sites is 1. The van der Waals surface area contributed by atoms with Crippen molar-refractivity contribution >= 4 is 26.7 Å². The molecular weight excluding hydrogens is 424 g/mol. The zero-order valence-corrected chi connectivity index (χ0v) is 18.7. The maximum Gasteiger partial charge on any atom is 0.268 e. The second-order valence-corrected chi connectivity index (χ2v) is 9.14. The fourth-order valence-corrected chi connectivity index (χ4v) is 4.96. The lowest BCUT2D eigenvalue weighted by atomic mass is 10.2. The molecule has 0 amide bonds. The number of ether oxygens (including phenoxy) is 1. The minimum atomic E-state index is -3.66. The van der Waals surface area contributed by atoms with Gasteiger partial charge in [0.25, 0.3) is 10.0 Å². The van der Waals surface area contributed by atoms with Crippen LogP contribution < -0.4 is 15.4 Å². The zero-order valence-electron chi connectivity index (χ0n) is 17.9. The van der Waals surface area contributed by atoms with Crippen molar-refractivity contribution in [1.82, 2.24) is 14.3 Å². The maximum atomic E-state index is 13.2. The average molecular weight is 451 g/mol. The third kappa shape index (κ3) is 4.76. The molecule has 0 aliphatic carbocycles. The SMILES string of the molecule is COc1ccnc(NCCCNCc2cn(S(=O)(=O)c3ccccc3)c3ccccc23)c1. The molecule has 0 aliphatic rings. The predicted molar refractivity (Wildman–Crippen MR) is 127 cm³/mol. The molecule has 7 nitrogen and oxygen atoms in total. The van der Waals surface area contributed by atoms with E-state index >= 15 is 0 Å². The van der Waals surface area contributed by atoms with Crippen LogP contribution in [-0.4, -0.2) is 37.6 Å². The Balaban J connectivity index is 1.40. The molecule has 2 heterocycles. The Hall–Kier alpha value is -3.36. The Bertz CT molecular complexity index is 1290. The summed E-state index contributed by atoms with van der Waals surface area (Å²) >= 11 is 0. The third-order valence-electron chi connectivity index (χ3n) is 5.18. The molecule has 0 aliphatic heterocycles. The van der Waals surface area contributed by atoms with E-state index in [1.54, 1.807) is 55.9 Å². The van der Waals surface area contributed by atoms with Crippen molar-refractivity contribution < 1.29 is 13.2 Å². The van der Waals surface area contributed by atoms with E-state index in [1.807, 2.05) is 30.3 Å². The number of pyridine rings is 1. The molecule has 2 aromatic carbocycles. The van der Waals surface area contributed by atoms with Crippen LogP contribution in [0.25, 0.3) is 10.9 Å². The van der Waals surface area contributed by atoms with Gasteiger partial charge in [0.05, 0.1) is 17.5 Å². The van der Waals surface area contributed by atoms with Crippen molar-refractivity contribution in [2.24, 2.45) is 0 Å². The van der Waals surface area contributed by atoms with Crippen LogP contribution in [-0.2, 0) is 16.6 Å². The predicted octanol–water partition coefficient (Wildman–Crippen LogP) is 3.87. The summed E-state index contributed by atoms with van der Waals surface area (Å²) < 4.78 is 32.9. The molecule has 0 unspecified atom stereocenters. The molecule has 2 N–H and O–H groups in total. The van der Waals surface area contributed by atoms with Crippen LogP contribution in [0, 0.1) is 0 Å². The standard InChI is InChI=1S/C24H26N4O3S/c1-31-20-12-15-27-24(16-20)26-14-7-13-25-17-19-18-28(23-11-6-5-10-22(19)23)32(29,30)21-8-3-2-4-9-21/h2-6,8-12,15-16,18,25H,7,13-14,17H2,1H3,(H,26,27). The lowest BCUT2D eigenvalue weighted by Crippen LogP contribution is -2.18. The normalized spacial score (nSPS) is 11.5. The molecule has 0 fully saturated rings. The molecule has 4 aromatic rings. The number of hydrogen-bond donors (Lipinski definition) is 2. The first-order valence-electron chi connectivity index (χ1n) is 10.4. The largest absolute Gasteiger partial charge is 0.497 e. The van der Waals surface area contributed by atoms with Crippen LogP contribution in [0.4, 0.5) is 5.82 Å². The lowest BCUT2D eigenvalue weighted by Gasteiger charge is -2.08. The smallest absolute Gasteiger partial charge is 0.268 e. The van der Waals surface area contributed by atoms with Gasteiger partial charge in [0, 0.05) is 36.9 Å². The number of hydrogen-bond acceptors (Lipinski definition) is 6. The summed E-state index contributed by atoms with van der Waals surface area (Å²) in [5, 5.41) is 7.62. The summed E-state index contributed by atoms with van der Waals surface area (Å²) in [6.07, 6.45) is 4.32. The van der Waals surface area contributed by atoms with E-state index in [9.17, 15) is 8.42 Å². The molecule has 0 spiro atoms. The Morgan fingerprint density at radius 2 is 1.78 bits per heavy atom. The number of rotatable bonds is 10. The number of fused-ring (bicyclic) bond motifs is 1. The van der Waals surface area contributed by atoms with Gasteiger partial charge in [0.15, 0.2) is 0 Å². The number of aromatic nitrogens is 2. The summed E-state index contributed by atoms with van der Waals surface area (Å²) in [5.41, 5.74) is 1.63. The number of methoxy groups -OCH3 is 1. The van der Waals surface area contributed by atoms with Crippen LogP contribution in [0.3, 0.4) is 0 Å². The summed E-state index contributed by atoms with van der Waals surface area (Å²) in [6.45, 7) is 2.12. The highest BCUT2D eigenvalue weighted by atomic mass is 32.2. The fourth-order valence-electron chi connectivity index (χ4n) is 3.55. The molecule has 2 aromatic heterocycles. The van der Waals surface area contributed by atoms with Gasteiger partial charge in [-0.2, -0.15) is 0 Å². The van der Waals surface area contributed by atoms with Gasteiger partial charge in [-0.25, -0.2) is 17.4 Å². The molecule has 0 atom stereocenters. The van der Waals surface area contributed by atoms with Gasteiger partial charge in [-0.1, -0.05) is 36.4 Å². The van der Waals surface area contributed by atoms with Crippen LogP contribution in [0.5, 0.6) is 5.75 Å². The summed E-state index contributed by atoms with van der Waals surface area (Å²) in [4.78, 5) is 4.54. The van der Waals surface area contributed by atoms with Crippen LogP contribution >= 0.6 is 0 Å². The molecule has 0 radical (unpaired) electrons. The highest BCUT2D eigenvalue weighted by molar-refractivity contribution is 7.90. The third-order valence-corrected chi connectivity index (χ3v) is 6.87. The molecule has 0 bridgehead atoms. The Morgan fingerprint density at radius 3 is 2.59 bits per heavy atom. The van der Waals surface area contributed by atoms with Crippen molar-refractivity contribution in [3.63, 3.8) is 0 Å². The summed E-state index contributed by atoms with van der Waals surface area (Å²) in [7, 11) is -2.03. The van der Waals surface area contributed by atoms with Gasteiger partial charge in [-0.05, 0) is 42.8 Å². The van der Waals surface area contributed by atoms with E-state index in [-0.39, 0.29) is 4.90 Å². The van der Waals surface area contributed by atoms with E-state index in [2.05, 4.69) is 15.6 Å². The zero-order chi connectivity index (χ0) is 22.4. The molecule has 8 heteroatoms. The Labute approximate surface area is 188 Å². The van der Waals surface area contributed by atoms with Crippen LogP contribution in [0.2, 0.25) is 0 Å². The van der Waals surface area contributed by atoms with Gasteiger partial charge in [0.1, 0.15) is 11.6 Å². The molecule has 32 heavy (non-hydrogen) atoms. The number of nitrogens with one attached hydrogen (secondary N) is 2. The minimum absolute atomic E-state index is 0.275. The first-order valence-corrected chi connectivity index (χ1v) is 11.9. The van der Waals surface area contributed by atoms with Crippen molar-refractivity contribution in [3.05, 3.63) is 84.7 Å². The van der Waals surface area contributed by atoms with Gasteiger partial charge in [-0.15, -0.1) is 0 Å². The first-order chi connectivity index (χ1) is 15.6. The second kappa shape index (κ2) is 9.84. The highest BCUT2D eigenvalue weighted by Crippen LogP contribution is 2.26. The van der Waals surface area contributed by atoms with E-state index < -0.39 is 10.0 Å². The molecule has 4 rings (SSSR count). The van der Waals surface area contributed by atoms with Crippen molar-refractivity contribution in [3.8, 4) is 5.75 Å². The van der Waals surface area contributed by atoms with Crippen molar-refractivity contribution in [2.75, 3.05) is 25.5 Å². The van der Waals surface area contributed by atoms with Crippen LogP contribution in [0.1, 0.15) is 12.0 Å². The molecule has 0 saturated carbocycles. The fraction of sp³-hybridized carbons (Fsp3) is 0.208. The Morgan fingerprint density at radius 1 is 1.00 bits per heavy atom. The highest BCUT2D eigenvalue weighted by Gasteiger charge is 2.20. The topological polar surface area (TPSA) is 85.2 Å². The molecule has 0 saturated heterocycles. The second-order valence-electron chi connectivity index (χ2n) is 7.32. The van der Waals surface area contributed by atoms with Gasteiger partial charge >= 0.3 is 0 Å². The quantitative estimate of drug-likeness (QED) is 0.357. The summed E-state index contributed by atoms with van der Waals surface area (Å²) in [6, 6.07) is 19.7. The average Bonchev–Trinajstić information content (AvgIpc) is 3.21. The monoisotopic (exact) mass is 450 g/mol. The van der Waals surface area contributed by atoms with E-state index in [0.29, 0.717) is 12.1 Å². The minimum Gasteiger partial charge on any atom is -0.497 e. The number of benzene rings is 2. The Kier molecular flexibility index (Phi) is 6.72. The molecular formula is C24H26N4O3S. The number of anilines is 1. The van der Waals surface area contributed by atoms with Crippen molar-refractivity contribution in [2.45, 2.75) is 17.9 Å². The van der Waals surface area contributed by atoms with Gasteiger partial charge in [0.2, 0.25) is 0 Å². The first kappa shape index (κ1) is 21.9. The maximum absolute atomic E-state index is 13.2.